The minimum Gasteiger partial charge on any atom is -0.469 e. The summed E-state index contributed by atoms with van der Waals surface area (Å²) in [5, 5.41) is 75.2. The molecule has 6 fully saturated rings. The van der Waals surface area contributed by atoms with Crippen LogP contribution in [0.25, 0.3) is 0 Å². The van der Waals surface area contributed by atoms with Gasteiger partial charge in [0.25, 0.3) is 0 Å². The van der Waals surface area contributed by atoms with E-state index in [1.165, 1.54) is 13.4 Å². The number of allylic oxidation sites excluding steroid dienone is 1. The minimum absolute atomic E-state index is 0.0269. The van der Waals surface area contributed by atoms with Gasteiger partial charge < -0.3 is 87.5 Å². The Balaban J connectivity index is 0.828. The van der Waals surface area contributed by atoms with E-state index in [4.69, 9.17) is 51.8 Å². The van der Waals surface area contributed by atoms with Crippen LogP contribution in [0.2, 0.25) is 0 Å². The molecule has 8 rings (SSSR count). The van der Waals surface area contributed by atoms with Crippen molar-refractivity contribution in [3.63, 3.8) is 0 Å². The van der Waals surface area contributed by atoms with E-state index in [-0.39, 0.29) is 30.5 Å². The van der Waals surface area contributed by atoms with Crippen LogP contribution < -0.4 is 0 Å². The van der Waals surface area contributed by atoms with Crippen molar-refractivity contribution in [3.8, 4) is 0 Å². The van der Waals surface area contributed by atoms with Crippen LogP contribution in [-0.4, -0.2) is 179 Å². The number of ketones is 1. The Hall–Kier alpha value is -1.99. The summed E-state index contributed by atoms with van der Waals surface area (Å²) in [6.45, 7) is 8.63. The van der Waals surface area contributed by atoms with Crippen molar-refractivity contribution in [2.75, 3.05) is 20.8 Å². The Morgan fingerprint density at radius 3 is 1.95 bits per heavy atom. The third-order valence-corrected chi connectivity index (χ3v) is 15.6. The van der Waals surface area contributed by atoms with Crippen LogP contribution in [0.4, 0.5) is 0 Å². The number of carbonyl (C=O) groups excluding carboxylic acids is 1. The maximum Gasteiger partial charge on any atom is 0.187 e. The lowest BCUT2D eigenvalue weighted by Gasteiger charge is -2.55. The fourth-order valence-corrected chi connectivity index (χ4v) is 11.9. The first-order valence-corrected chi connectivity index (χ1v) is 23.2. The quantitative estimate of drug-likeness (QED) is 0.144. The second-order valence-corrected chi connectivity index (χ2v) is 19.5. The van der Waals surface area contributed by atoms with Crippen molar-refractivity contribution in [1.29, 1.82) is 0 Å². The number of carbonyl (C=O) groups is 1. The molecule has 0 spiro atoms. The molecule has 65 heavy (non-hydrogen) atoms. The molecule has 1 aromatic rings. The van der Waals surface area contributed by atoms with Crippen LogP contribution >= 0.6 is 0 Å². The van der Waals surface area contributed by atoms with Crippen LogP contribution in [-0.2, 0) is 57.8 Å². The number of methoxy groups -OCH3 is 2. The van der Waals surface area contributed by atoms with Gasteiger partial charge in [-0.15, -0.1) is 0 Å². The van der Waals surface area contributed by atoms with Gasteiger partial charge in [-0.3, -0.25) is 4.79 Å². The van der Waals surface area contributed by atoms with Gasteiger partial charge in [-0.25, -0.2) is 0 Å². The SMILES string of the molecule is CO[C@H]1C[C@H](O[C@H]2[C@@H](O)C[C@H](O[C@@H]3[C@@H](C)O[C@@H](O[C@@H]4CC5=CC[C@H]6C(=O)[C@@](O)(c7ccoc7C)CC[C@@H]6[C@@]5(C)C[C@H]4O)C[C@H]3OC)O[C@@H]2C)O[C@@H](C)[C@@H]1O[C@@H]1O[C@H](CO)[C@@H](O)[C@H](O)[C@H]1O. The zero-order valence-corrected chi connectivity index (χ0v) is 38.2. The van der Waals surface area contributed by atoms with E-state index in [2.05, 4.69) is 13.0 Å². The highest BCUT2D eigenvalue weighted by atomic mass is 16.8. The second kappa shape index (κ2) is 19.8. The van der Waals surface area contributed by atoms with Gasteiger partial charge in [0.1, 0.15) is 48.5 Å². The third-order valence-electron chi connectivity index (χ3n) is 15.6. The molecule has 5 heterocycles. The van der Waals surface area contributed by atoms with Gasteiger partial charge in [-0.2, -0.15) is 0 Å². The maximum absolute atomic E-state index is 13.9. The van der Waals surface area contributed by atoms with Crippen molar-refractivity contribution in [2.45, 2.75) is 208 Å². The van der Waals surface area contributed by atoms with Gasteiger partial charge in [-0.1, -0.05) is 18.6 Å². The molecule has 23 atom stereocenters. The molecule has 0 unspecified atom stereocenters. The van der Waals surface area contributed by atoms with Crippen molar-refractivity contribution < 1.29 is 92.3 Å². The Morgan fingerprint density at radius 2 is 1.35 bits per heavy atom. The van der Waals surface area contributed by atoms with Gasteiger partial charge in [0, 0.05) is 45.0 Å². The van der Waals surface area contributed by atoms with Gasteiger partial charge in [0.15, 0.2) is 36.5 Å². The second-order valence-electron chi connectivity index (χ2n) is 19.5. The molecule has 0 amide bonds. The summed E-state index contributed by atoms with van der Waals surface area (Å²) in [6.07, 6.45) is -10.6. The Labute approximate surface area is 379 Å². The molecule has 19 nitrogen and oxygen atoms in total. The number of Topliss-reactive ketones (excluding diaryl/α,β-unsaturated/α-hetero) is 1. The number of fused-ring (bicyclic) bond motifs is 3. The van der Waals surface area contributed by atoms with Crippen molar-refractivity contribution in [1.82, 2.24) is 0 Å². The highest BCUT2D eigenvalue weighted by Gasteiger charge is 2.59. The van der Waals surface area contributed by atoms with Gasteiger partial charge >= 0.3 is 0 Å². The number of ether oxygens (including phenoxy) is 10. The average molecular weight is 927 g/mol. The Kier molecular flexibility index (Phi) is 15.0. The standard InChI is InChI=1S/C46H70O19/c1-20-26(11-13-57-20)46(54)12-10-27-25(43(46)53)9-8-24-14-30(29(49)18-45(24,27)5)61-35-16-31(55-6)41(22(3)59-35)64-34-15-28(48)40(21(2)58-34)63-36-17-32(56-7)42(23(4)60-36)65-44-39(52)38(51)37(50)33(19-47)62-44/h8,11,13,21-23,25,27-42,44,47-52,54H,9-10,12,14-19H2,1-7H3/t21-,22-,23+,25-,27+,28+,29-,30-,31-,32+,33-,34+,35+,36+,37-,38+,39-,40-,41-,42+,44+,45+,46+/m1/s1. The molecule has 368 valence electrons. The summed E-state index contributed by atoms with van der Waals surface area (Å²) in [6, 6.07) is 1.69. The number of hydrogen-bond donors (Lipinski definition) is 7. The molecule has 3 aliphatic carbocycles. The van der Waals surface area contributed by atoms with E-state index in [0.29, 0.717) is 49.8 Å². The number of rotatable bonds is 12. The van der Waals surface area contributed by atoms with Gasteiger partial charge in [0.2, 0.25) is 0 Å². The van der Waals surface area contributed by atoms with E-state index in [0.717, 1.165) is 5.57 Å². The van der Waals surface area contributed by atoms with E-state index in [1.807, 2.05) is 6.92 Å². The van der Waals surface area contributed by atoms with Gasteiger partial charge in [0.05, 0.1) is 61.7 Å². The van der Waals surface area contributed by atoms with E-state index in [1.54, 1.807) is 33.9 Å². The van der Waals surface area contributed by atoms with Crippen LogP contribution in [0.1, 0.15) is 90.4 Å². The molecule has 4 aliphatic heterocycles. The highest BCUT2D eigenvalue weighted by Crippen LogP contribution is 2.59. The first kappa shape index (κ1) is 49.4. The fraction of sp³-hybridized carbons (Fsp3) is 0.848. The summed E-state index contributed by atoms with van der Waals surface area (Å²) in [4.78, 5) is 13.9. The average Bonchev–Trinajstić information content (AvgIpc) is 3.71. The number of aliphatic hydroxyl groups is 7. The van der Waals surface area contributed by atoms with Crippen molar-refractivity contribution >= 4 is 5.78 Å². The molecule has 7 N–H and O–H groups in total. The predicted octanol–water partition coefficient (Wildman–Crippen LogP) is 0.998. The predicted molar refractivity (Wildman–Crippen MR) is 222 cm³/mol. The molecule has 4 saturated heterocycles. The summed E-state index contributed by atoms with van der Waals surface area (Å²) in [7, 11) is 3.07. The molecule has 0 radical (unpaired) electrons. The number of aliphatic hydroxyl groups excluding tert-OH is 6. The zero-order valence-electron chi connectivity index (χ0n) is 38.2. The summed E-state index contributed by atoms with van der Waals surface area (Å²) in [5.74, 6) is -0.0392. The Bertz CT molecular complexity index is 1800. The number of aryl methyl sites for hydroxylation is 1. The molecular weight excluding hydrogens is 856 g/mol. The zero-order chi connectivity index (χ0) is 46.7. The fourth-order valence-electron chi connectivity index (χ4n) is 11.9. The summed E-state index contributed by atoms with van der Waals surface area (Å²) in [5.41, 5.74) is -0.334. The number of hydrogen-bond acceptors (Lipinski definition) is 19. The maximum atomic E-state index is 13.9. The summed E-state index contributed by atoms with van der Waals surface area (Å²) < 4.78 is 66.6. The minimum atomic E-state index is -1.60. The number of furan rings is 1. The van der Waals surface area contributed by atoms with Crippen LogP contribution in [0.5, 0.6) is 0 Å². The molecule has 2 saturated carbocycles. The Morgan fingerprint density at radius 1 is 0.754 bits per heavy atom. The molecule has 0 bridgehead atoms. The van der Waals surface area contributed by atoms with E-state index >= 15 is 0 Å². The molecule has 0 aromatic carbocycles. The normalized spacial score (nSPS) is 49.5. The topological polar surface area (TPSA) is 264 Å². The smallest absolute Gasteiger partial charge is 0.187 e. The van der Waals surface area contributed by atoms with Crippen LogP contribution in [0.15, 0.2) is 28.4 Å². The first-order chi connectivity index (χ1) is 30.9. The van der Waals surface area contributed by atoms with E-state index < -0.39 is 134 Å². The lowest BCUT2D eigenvalue weighted by molar-refractivity contribution is -0.356. The van der Waals surface area contributed by atoms with Crippen molar-refractivity contribution in [3.05, 3.63) is 35.3 Å². The molecule has 1 aromatic heterocycles. The molecular formula is C46H70O19. The third kappa shape index (κ3) is 9.41. The van der Waals surface area contributed by atoms with E-state index in [9.17, 15) is 40.5 Å². The lowest BCUT2D eigenvalue weighted by Crippen LogP contribution is -2.62. The molecule has 19 heteroatoms. The van der Waals surface area contributed by atoms with Crippen molar-refractivity contribution in [2.24, 2.45) is 17.3 Å². The van der Waals surface area contributed by atoms with Crippen LogP contribution in [0.3, 0.4) is 0 Å². The lowest BCUT2D eigenvalue weighted by atomic mass is 9.51. The van der Waals surface area contributed by atoms with Crippen LogP contribution in [0, 0.1) is 24.2 Å². The molecule has 7 aliphatic rings. The van der Waals surface area contributed by atoms with Gasteiger partial charge in [-0.05, 0) is 77.2 Å². The highest BCUT2D eigenvalue weighted by molar-refractivity contribution is 5.92. The monoisotopic (exact) mass is 926 g/mol. The first-order valence-electron chi connectivity index (χ1n) is 23.2. The largest absolute Gasteiger partial charge is 0.469 e. The summed E-state index contributed by atoms with van der Waals surface area (Å²) >= 11 is 0.